The molecule has 0 fully saturated rings. The van der Waals surface area contributed by atoms with Crippen molar-refractivity contribution in [3.05, 3.63) is 0 Å². The molecule has 0 rings (SSSR count). The van der Waals surface area contributed by atoms with E-state index < -0.39 is 12.2 Å². The number of nitrogens with zero attached hydrogens (tertiary/aromatic N) is 2. The molecule has 2 amide bonds. The molecule has 8 nitrogen and oxygen atoms in total. The van der Waals surface area contributed by atoms with Crippen molar-refractivity contribution in [1.29, 1.82) is 0 Å². The van der Waals surface area contributed by atoms with Gasteiger partial charge in [-0.1, -0.05) is 10.3 Å². The summed E-state index contributed by atoms with van der Waals surface area (Å²) in [4.78, 5) is 29.2. The summed E-state index contributed by atoms with van der Waals surface area (Å²) < 4.78 is 0. The summed E-state index contributed by atoms with van der Waals surface area (Å²) in [5.41, 5.74) is 0. The van der Waals surface area contributed by atoms with Crippen LogP contribution in [-0.4, -0.2) is 38.7 Å². The molecule has 0 aromatic rings. The standard InChI is InChI=1S/C6H10N4O4/c1-7-5(11)13-9-3-4-10-14-6(12)8-2/h3-4H,1-2H3,(H,7,11)(H,8,12)/b9-3+,10-4?. The first-order chi connectivity index (χ1) is 6.70. The Labute approximate surface area is 79.9 Å². The molecular weight excluding hydrogens is 192 g/mol. The molecule has 0 unspecified atom stereocenters. The van der Waals surface area contributed by atoms with Crippen LogP contribution in [0.3, 0.4) is 0 Å². The third-order valence-corrected chi connectivity index (χ3v) is 0.868. The summed E-state index contributed by atoms with van der Waals surface area (Å²) >= 11 is 0. The van der Waals surface area contributed by atoms with Gasteiger partial charge in [-0.2, -0.15) is 0 Å². The lowest BCUT2D eigenvalue weighted by atomic mass is 10.8. The highest BCUT2D eigenvalue weighted by Crippen LogP contribution is 1.76. The maximum Gasteiger partial charge on any atom is 0.433 e. The SMILES string of the molecule is CNC(=O)ON=C/C=N/OC(=O)NC. The molecular formula is C6H10N4O4. The minimum atomic E-state index is -0.707. The van der Waals surface area contributed by atoms with E-state index in [1.54, 1.807) is 0 Å². The van der Waals surface area contributed by atoms with Gasteiger partial charge in [-0.3, -0.25) is 9.68 Å². The number of oxime groups is 2. The van der Waals surface area contributed by atoms with Crippen LogP contribution in [0.4, 0.5) is 9.59 Å². The van der Waals surface area contributed by atoms with Gasteiger partial charge in [0, 0.05) is 14.1 Å². The lowest BCUT2D eigenvalue weighted by Crippen LogP contribution is -2.17. The Balaban J connectivity index is 3.60. The van der Waals surface area contributed by atoms with Crippen LogP contribution in [0.15, 0.2) is 10.3 Å². The average Bonchev–Trinajstić information content (AvgIpc) is 2.22. The quantitative estimate of drug-likeness (QED) is 0.371. The van der Waals surface area contributed by atoms with Gasteiger partial charge < -0.3 is 10.6 Å². The van der Waals surface area contributed by atoms with E-state index in [9.17, 15) is 9.59 Å². The van der Waals surface area contributed by atoms with E-state index in [-0.39, 0.29) is 0 Å². The molecule has 2 N–H and O–H groups in total. The second kappa shape index (κ2) is 7.53. The lowest BCUT2D eigenvalue weighted by Gasteiger charge is -1.92. The number of amides is 2. The molecule has 0 radical (unpaired) electrons. The van der Waals surface area contributed by atoms with Crippen LogP contribution in [0.25, 0.3) is 0 Å². The van der Waals surface area contributed by atoms with Crippen molar-refractivity contribution in [1.82, 2.24) is 10.6 Å². The maximum atomic E-state index is 10.4. The van der Waals surface area contributed by atoms with E-state index in [0.717, 1.165) is 12.4 Å². The summed E-state index contributed by atoms with van der Waals surface area (Å²) in [7, 11) is 2.78. The highest BCUT2D eigenvalue weighted by Gasteiger charge is 1.93. The molecule has 0 aliphatic carbocycles. The van der Waals surface area contributed by atoms with Gasteiger partial charge in [0.15, 0.2) is 0 Å². The highest BCUT2D eigenvalue weighted by atomic mass is 16.7. The number of rotatable bonds is 3. The Morgan fingerprint density at radius 1 is 1.00 bits per heavy atom. The molecule has 0 atom stereocenters. The Morgan fingerprint density at radius 2 is 1.36 bits per heavy atom. The zero-order valence-electron chi connectivity index (χ0n) is 7.68. The van der Waals surface area contributed by atoms with Crippen LogP contribution in [0.5, 0.6) is 0 Å². The molecule has 0 saturated heterocycles. The Bertz CT molecular complexity index is 224. The summed E-state index contributed by atoms with van der Waals surface area (Å²) in [6.45, 7) is 0. The zero-order valence-corrected chi connectivity index (χ0v) is 7.68. The van der Waals surface area contributed by atoms with Crippen LogP contribution in [-0.2, 0) is 9.68 Å². The summed E-state index contributed by atoms with van der Waals surface area (Å²) in [5, 5.41) is 10.7. The molecule has 0 spiro atoms. The summed E-state index contributed by atoms with van der Waals surface area (Å²) in [5.74, 6) is 0. The van der Waals surface area contributed by atoms with Crippen molar-refractivity contribution in [2.45, 2.75) is 0 Å². The summed E-state index contributed by atoms with van der Waals surface area (Å²) in [6, 6.07) is 0. The predicted octanol–water partition coefficient (Wildman–Crippen LogP) is -0.330. The largest absolute Gasteiger partial charge is 0.433 e. The Hall–Kier alpha value is -2.12. The third-order valence-electron chi connectivity index (χ3n) is 0.868. The Morgan fingerprint density at radius 3 is 1.64 bits per heavy atom. The summed E-state index contributed by atoms with van der Waals surface area (Å²) in [6.07, 6.45) is 0.667. The van der Waals surface area contributed by atoms with Crippen molar-refractivity contribution in [3.63, 3.8) is 0 Å². The minimum Gasteiger partial charge on any atom is -0.323 e. The van der Waals surface area contributed by atoms with Crippen molar-refractivity contribution >= 4 is 24.6 Å². The van der Waals surface area contributed by atoms with Crippen molar-refractivity contribution in [2.75, 3.05) is 14.1 Å². The molecule has 0 heterocycles. The molecule has 0 aromatic heterocycles. The van der Waals surface area contributed by atoms with Gasteiger partial charge >= 0.3 is 12.2 Å². The lowest BCUT2D eigenvalue weighted by molar-refractivity contribution is 0.152. The van der Waals surface area contributed by atoms with Crippen LogP contribution in [0.1, 0.15) is 0 Å². The minimum absolute atomic E-state index is 0.707. The molecule has 0 bridgehead atoms. The first-order valence-corrected chi connectivity index (χ1v) is 3.53. The topological polar surface area (TPSA) is 101 Å². The fraction of sp³-hybridized carbons (Fsp3) is 0.333. The fourth-order valence-corrected chi connectivity index (χ4v) is 0.302. The maximum absolute atomic E-state index is 10.4. The van der Waals surface area contributed by atoms with Gasteiger partial charge in [-0.05, 0) is 0 Å². The first kappa shape index (κ1) is 11.9. The third kappa shape index (κ3) is 6.58. The number of carbonyl (C=O) groups is 2. The van der Waals surface area contributed by atoms with Crippen LogP contribution < -0.4 is 10.6 Å². The van der Waals surface area contributed by atoms with E-state index in [1.165, 1.54) is 14.1 Å². The van der Waals surface area contributed by atoms with E-state index in [1.807, 2.05) is 0 Å². The second-order valence-corrected chi connectivity index (χ2v) is 1.77. The van der Waals surface area contributed by atoms with Crippen LogP contribution in [0, 0.1) is 0 Å². The molecule has 14 heavy (non-hydrogen) atoms. The van der Waals surface area contributed by atoms with E-state index in [4.69, 9.17) is 0 Å². The number of hydrogen-bond donors (Lipinski definition) is 2. The van der Waals surface area contributed by atoms with Gasteiger partial charge in [0.1, 0.15) is 0 Å². The smallest absolute Gasteiger partial charge is 0.323 e. The van der Waals surface area contributed by atoms with Crippen LogP contribution >= 0.6 is 0 Å². The number of carbonyl (C=O) groups excluding carboxylic acids is 2. The van der Waals surface area contributed by atoms with Crippen molar-refractivity contribution < 1.29 is 19.3 Å². The molecule has 8 heteroatoms. The second-order valence-electron chi connectivity index (χ2n) is 1.77. The number of nitrogens with one attached hydrogen (secondary N) is 2. The number of hydrogen-bond acceptors (Lipinski definition) is 6. The van der Waals surface area contributed by atoms with Crippen LogP contribution in [0.2, 0.25) is 0 Å². The highest BCUT2D eigenvalue weighted by molar-refractivity contribution is 6.15. The molecule has 78 valence electrons. The molecule has 0 aromatic carbocycles. The van der Waals surface area contributed by atoms with Crippen molar-refractivity contribution in [2.24, 2.45) is 10.3 Å². The monoisotopic (exact) mass is 202 g/mol. The van der Waals surface area contributed by atoms with Gasteiger partial charge in [-0.15, -0.1) is 0 Å². The Kier molecular flexibility index (Phi) is 6.39. The average molecular weight is 202 g/mol. The molecule has 0 aliphatic heterocycles. The zero-order chi connectivity index (χ0) is 10.8. The molecule has 0 aliphatic rings. The van der Waals surface area contributed by atoms with Gasteiger partial charge in [0.25, 0.3) is 0 Å². The normalized spacial score (nSPS) is 10.1. The van der Waals surface area contributed by atoms with E-state index in [0.29, 0.717) is 0 Å². The predicted molar refractivity (Wildman–Crippen MR) is 48.1 cm³/mol. The molecule has 0 saturated carbocycles. The van der Waals surface area contributed by atoms with Crippen molar-refractivity contribution in [3.8, 4) is 0 Å². The fourth-order valence-electron chi connectivity index (χ4n) is 0.302. The van der Waals surface area contributed by atoms with E-state index >= 15 is 0 Å². The van der Waals surface area contributed by atoms with Gasteiger partial charge in [0.2, 0.25) is 0 Å². The van der Waals surface area contributed by atoms with E-state index in [2.05, 4.69) is 30.6 Å². The first-order valence-electron chi connectivity index (χ1n) is 3.53. The van der Waals surface area contributed by atoms with Gasteiger partial charge in [0.05, 0.1) is 12.4 Å². The van der Waals surface area contributed by atoms with Gasteiger partial charge in [-0.25, -0.2) is 9.59 Å².